The fraction of sp³-hybridized carbons (Fsp3) is 1.00. The second-order valence-corrected chi connectivity index (χ2v) is 36.9. The Bertz CT molecular complexity index is 481. The van der Waals surface area contributed by atoms with Gasteiger partial charge in [-0.1, -0.05) is 44.9 Å². The van der Waals surface area contributed by atoms with Crippen LogP contribution in [0.3, 0.4) is 0 Å². The topological polar surface area (TPSA) is 0 Å². The maximum Gasteiger partial charge on any atom is -0.0115 e. The molecule has 0 rings (SSSR count). The highest BCUT2D eigenvalue weighted by Gasteiger charge is 1.83. The van der Waals surface area contributed by atoms with Crippen LogP contribution in [0.15, 0.2) is 0 Å². The van der Waals surface area contributed by atoms with E-state index < -0.39 is 0 Å². The molecule has 0 fully saturated rings. The highest BCUT2D eigenvalue weighted by atomic mass is 32.7. The lowest BCUT2D eigenvalue weighted by molar-refractivity contribution is 2.46. The van der Waals surface area contributed by atoms with Crippen molar-refractivity contribution in [2.75, 3.05) is 40.0 Å². The van der Waals surface area contributed by atoms with Crippen LogP contribution in [0.2, 0.25) is 0 Å². The molecular formula is C6H19P9. The van der Waals surface area contributed by atoms with E-state index in [-0.39, 0.29) is 0 Å². The predicted molar refractivity (Wildman–Crippen MR) is 99.2 cm³/mol. The second kappa shape index (κ2) is 10.7. The standard InChI is InChI=1S/C6H19P9/c1-7-12(5)13(6)11-15(10-4)14(8-2)9-3/h8H,1-6H3. The predicted octanol–water partition coefficient (Wildman–Crippen LogP) is 8.48. The molecule has 0 aromatic carbocycles. The molecule has 88 valence electrons. The minimum absolute atomic E-state index is 0.332. The molecule has 5 atom stereocenters. The Balaban J connectivity index is 5.99. The molecule has 0 aromatic heterocycles. The summed E-state index contributed by atoms with van der Waals surface area (Å²) < 4.78 is 0. The molecule has 15 heavy (non-hydrogen) atoms. The number of hydrogen-bond acceptors (Lipinski definition) is 0. The summed E-state index contributed by atoms with van der Waals surface area (Å²) in [6, 6.07) is 0. The van der Waals surface area contributed by atoms with Gasteiger partial charge >= 0.3 is 0 Å². The minimum Gasteiger partial charge on any atom is -0.0799 e. The fourth-order valence-corrected chi connectivity index (χ4v) is 64.1. The summed E-state index contributed by atoms with van der Waals surface area (Å²) in [5.41, 5.74) is 0. The van der Waals surface area contributed by atoms with Crippen LogP contribution < -0.4 is 0 Å². The van der Waals surface area contributed by atoms with Crippen molar-refractivity contribution in [3.05, 3.63) is 0 Å². The first-order valence-electron chi connectivity index (χ1n) is 4.36. The van der Waals surface area contributed by atoms with Gasteiger partial charge in [-0.05, 0) is 59.9 Å². The Morgan fingerprint density at radius 2 is 1.47 bits per heavy atom. The second-order valence-electron chi connectivity index (χ2n) is 2.45. The van der Waals surface area contributed by atoms with Crippen LogP contribution in [0.1, 0.15) is 0 Å². The van der Waals surface area contributed by atoms with Gasteiger partial charge in [-0.3, -0.25) is 0 Å². The summed E-state index contributed by atoms with van der Waals surface area (Å²) in [4.78, 5) is 0. The van der Waals surface area contributed by atoms with E-state index in [1.807, 2.05) is 7.56 Å². The molecule has 0 nitrogen and oxygen atoms in total. The average molecular weight is 370 g/mol. The molecule has 0 aliphatic carbocycles. The summed E-state index contributed by atoms with van der Waals surface area (Å²) in [6.45, 7) is 15.2. The normalized spacial score (nSPS) is 16.7. The molecule has 0 spiro atoms. The zero-order valence-electron chi connectivity index (χ0n) is 10.1. The summed E-state index contributed by atoms with van der Waals surface area (Å²) >= 11 is 0. The van der Waals surface area contributed by atoms with Crippen molar-refractivity contribution in [2.24, 2.45) is 0 Å². The van der Waals surface area contributed by atoms with Crippen LogP contribution in [-0.2, 0) is 0 Å². The molecule has 0 saturated carbocycles. The number of rotatable bonds is 2. The van der Waals surface area contributed by atoms with Crippen molar-refractivity contribution in [1.82, 2.24) is 0 Å². The largest absolute Gasteiger partial charge is 0.0799 e. The molecule has 0 radical (unpaired) electrons. The van der Waals surface area contributed by atoms with Gasteiger partial charge in [0.15, 0.2) is 0 Å². The van der Waals surface area contributed by atoms with E-state index >= 15 is 0 Å². The molecule has 0 aromatic rings. The van der Waals surface area contributed by atoms with Crippen molar-refractivity contribution in [1.29, 1.82) is 0 Å². The zero-order valence-corrected chi connectivity index (χ0v) is 18.2. The van der Waals surface area contributed by atoms with Gasteiger partial charge < -0.3 is 0 Å². The molecule has 5 unspecified atom stereocenters. The quantitative estimate of drug-likeness (QED) is 0.428. The van der Waals surface area contributed by atoms with Crippen LogP contribution in [-0.4, -0.2) is 40.0 Å². The lowest BCUT2D eigenvalue weighted by Gasteiger charge is -1.91. The van der Waals surface area contributed by atoms with Gasteiger partial charge in [0.2, 0.25) is 0 Å². The third kappa shape index (κ3) is 7.10. The monoisotopic (exact) mass is 370 g/mol. The fourth-order valence-electron chi connectivity index (χ4n) is 0.735. The summed E-state index contributed by atoms with van der Waals surface area (Å²) in [5.74, 6) is 0. The van der Waals surface area contributed by atoms with Gasteiger partial charge in [0.05, 0.1) is 0 Å². The van der Waals surface area contributed by atoms with Crippen LogP contribution >= 0.6 is 64.8 Å². The van der Waals surface area contributed by atoms with Gasteiger partial charge in [0.1, 0.15) is 0 Å². The minimum atomic E-state index is 0.332. The molecule has 0 saturated heterocycles. The molecule has 0 amide bonds. The first kappa shape index (κ1) is 17.8. The van der Waals surface area contributed by atoms with Crippen LogP contribution in [0.5, 0.6) is 0 Å². The zero-order chi connectivity index (χ0) is 11.8. The first-order chi connectivity index (χ1) is 7.10. The van der Waals surface area contributed by atoms with E-state index in [1.165, 1.54) is 8.27 Å². The highest BCUT2D eigenvalue weighted by molar-refractivity contribution is 8.66. The van der Waals surface area contributed by atoms with E-state index in [0.29, 0.717) is 25.4 Å². The van der Waals surface area contributed by atoms with Gasteiger partial charge in [0, 0.05) is 0 Å². The highest BCUT2D eigenvalue weighted by Crippen LogP contribution is 2.66. The van der Waals surface area contributed by atoms with E-state index in [1.54, 1.807) is 23.6 Å². The molecule has 0 bridgehead atoms. The van der Waals surface area contributed by atoms with Gasteiger partial charge in [-0.2, -0.15) is 0 Å². The van der Waals surface area contributed by atoms with E-state index in [2.05, 4.69) is 40.0 Å². The van der Waals surface area contributed by atoms with E-state index in [0.717, 1.165) is 0 Å². The molecule has 0 N–H and O–H groups in total. The Morgan fingerprint density at radius 3 is 1.80 bits per heavy atom. The average Bonchev–Trinajstić information content (AvgIpc) is 2.27. The van der Waals surface area contributed by atoms with Gasteiger partial charge in [-0.15, -0.1) is 0 Å². The van der Waals surface area contributed by atoms with Crippen molar-refractivity contribution < 1.29 is 0 Å². The van der Waals surface area contributed by atoms with Crippen molar-refractivity contribution in [3.63, 3.8) is 0 Å². The lowest BCUT2D eigenvalue weighted by Crippen LogP contribution is -1.24. The van der Waals surface area contributed by atoms with Crippen molar-refractivity contribution in [2.45, 2.75) is 0 Å². The third-order valence-corrected chi connectivity index (χ3v) is 55.3. The van der Waals surface area contributed by atoms with Gasteiger partial charge in [0.25, 0.3) is 0 Å². The summed E-state index contributed by atoms with van der Waals surface area (Å²) in [5, 5.41) is 0. The Kier molecular flexibility index (Phi) is 12.7. The smallest absolute Gasteiger partial charge is 0.0115 e. The number of hydrogen-bond donors (Lipinski definition) is 0. The summed E-state index contributed by atoms with van der Waals surface area (Å²) in [6.07, 6.45) is 0.732. The molecule has 0 aliphatic heterocycles. The van der Waals surface area contributed by atoms with Crippen molar-refractivity contribution in [3.8, 4) is 0 Å². The lowest BCUT2D eigenvalue weighted by atomic mass is 12.0. The summed E-state index contributed by atoms with van der Waals surface area (Å²) in [7, 11) is 8.16. The Morgan fingerprint density at radius 1 is 0.867 bits per heavy atom. The van der Waals surface area contributed by atoms with Gasteiger partial charge in [-0.25, -0.2) is 0 Å². The molecule has 9 heteroatoms. The first-order valence-corrected chi connectivity index (χ1v) is 22.8. The maximum absolute atomic E-state index is 2.54. The Hall–Kier alpha value is 2.83. The maximum atomic E-state index is 2.54. The third-order valence-electron chi connectivity index (χ3n) is 1.66. The van der Waals surface area contributed by atoms with Crippen LogP contribution in [0.25, 0.3) is 0 Å². The van der Waals surface area contributed by atoms with Crippen molar-refractivity contribution >= 4 is 64.8 Å². The molecular weight excluding hydrogens is 351 g/mol. The van der Waals surface area contributed by atoms with E-state index in [9.17, 15) is 0 Å². The SMILES string of the molecule is CP=P(C)=P(C)=PP(=PC)=P(=PC)PC. The molecule has 0 aliphatic rings. The Labute approximate surface area is 104 Å². The molecule has 0 heterocycles. The van der Waals surface area contributed by atoms with E-state index in [4.69, 9.17) is 0 Å². The van der Waals surface area contributed by atoms with Crippen LogP contribution in [0, 0.1) is 0 Å². The van der Waals surface area contributed by atoms with Crippen LogP contribution in [0.4, 0.5) is 0 Å².